The largest absolute Gasteiger partial charge is 0.391 e. The summed E-state index contributed by atoms with van der Waals surface area (Å²) in [6.45, 7) is 2.32. The van der Waals surface area contributed by atoms with Gasteiger partial charge in [-0.25, -0.2) is 0 Å². The van der Waals surface area contributed by atoms with Crippen molar-refractivity contribution in [2.24, 2.45) is 5.92 Å². The number of nitrogens with two attached hydrogens (primary N) is 1. The lowest BCUT2D eigenvalue weighted by Gasteiger charge is -2.16. The smallest absolute Gasteiger partial charge is 0.0862 e. The van der Waals surface area contributed by atoms with Gasteiger partial charge in [-0.05, 0) is 36.8 Å². The zero-order valence-corrected chi connectivity index (χ0v) is 7.58. The molecule has 0 aromatic carbocycles. The molecule has 0 fully saturated rings. The van der Waals surface area contributed by atoms with Gasteiger partial charge < -0.3 is 5.73 Å². The number of thiophene rings is 1. The van der Waals surface area contributed by atoms with Gasteiger partial charge >= 0.3 is 0 Å². The van der Waals surface area contributed by atoms with Crippen molar-refractivity contribution < 1.29 is 0 Å². The van der Waals surface area contributed by atoms with Gasteiger partial charge in [0, 0.05) is 4.88 Å². The SMILES string of the molecule is CC1CCc2cc(N)sc2C1. The van der Waals surface area contributed by atoms with E-state index < -0.39 is 0 Å². The standard InChI is InChI=1S/C9H13NS/c1-6-2-3-7-5-9(10)11-8(7)4-6/h5-6H,2-4,10H2,1H3. The quantitative estimate of drug-likeness (QED) is 0.631. The molecule has 0 spiro atoms. The maximum atomic E-state index is 5.72. The molecule has 1 heterocycles. The molecule has 0 saturated carbocycles. The highest BCUT2D eigenvalue weighted by Crippen LogP contribution is 2.33. The molecule has 11 heavy (non-hydrogen) atoms. The summed E-state index contributed by atoms with van der Waals surface area (Å²) in [5.74, 6) is 0.862. The third-order valence-corrected chi connectivity index (χ3v) is 3.38. The Morgan fingerprint density at radius 2 is 2.45 bits per heavy atom. The summed E-state index contributed by atoms with van der Waals surface area (Å²) < 4.78 is 0. The fraction of sp³-hybridized carbons (Fsp3) is 0.556. The predicted molar refractivity (Wildman–Crippen MR) is 49.9 cm³/mol. The first kappa shape index (κ1) is 7.17. The minimum atomic E-state index is 0.862. The van der Waals surface area contributed by atoms with Gasteiger partial charge in [-0.15, -0.1) is 11.3 Å². The first-order valence-corrected chi connectivity index (χ1v) is 4.94. The van der Waals surface area contributed by atoms with E-state index in [1.165, 1.54) is 29.7 Å². The highest BCUT2D eigenvalue weighted by atomic mass is 32.1. The molecule has 0 aliphatic heterocycles. The predicted octanol–water partition coefficient (Wildman–Crippen LogP) is 2.46. The molecule has 60 valence electrons. The molecule has 2 N–H and O–H groups in total. The summed E-state index contributed by atoms with van der Waals surface area (Å²) in [5.41, 5.74) is 7.23. The van der Waals surface area contributed by atoms with Gasteiger partial charge in [-0.1, -0.05) is 6.92 Å². The number of fused-ring (bicyclic) bond motifs is 1. The average Bonchev–Trinajstić information content (AvgIpc) is 2.27. The van der Waals surface area contributed by atoms with Crippen molar-refractivity contribution in [3.05, 3.63) is 16.5 Å². The van der Waals surface area contributed by atoms with Crippen molar-refractivity contribution in [1.82, 2.24) is 0 Å². The lowest BCUT2D eigenvalue weighted by molar-refractivity contribution is 0.508. The summed E-state index contributed by atoms with van der Waals surface area (Å²) in [4.78, 5) is 1.53. The lowest BCUT2D eigenvalue weighted by Crippen LogP contribution is -2.07. The van der Waals surface area contributed by atoms with Crippen LogP contribution in [0.2, 0.25) is 0 Å². The molecule has 1 unspecified atom stereocenters. The van der Waals surface area contributed by atoms with Crippen LogP contribution in [0.5, 0.6) is 0 Å². The van der Waals surface area contributed by atoms with E-state index >= 15 is 0 Å². The summed E-state index contributed by atoms with van der Waals surface area (Å²) in [5, 5.41) is 0.990. The van der Waals surface area contributed by atoms with Crippen LogP contribution in [0.1, 0.15) is 23.8 Å². The Bertz CT molecular complexity index is 265. The maximum absolute atomic E-state index is 5.72. The number of nitrogen functional groups attached to an aromatic ring is 1. The Balaban J connectivity index is 2.34. The van der Waals surface area contributed by atoms with Crippen LogP contribution in [0.15, 0.2) is 6.07 Å². The van der Waals surface area contributed by atoms with Crippen LogP contribution < -0.4 is 5.73 Å². The molecule has 1 aliphatic carbocycles. The van der Waals surface area contributed by atoms with E-state index in [-0.39, 0.29) is 0 Å². The van der Waals surface area contributed by atoms with Crippen LogP contribution >= 0.6 is 11.3 Å². The fourth-order valence-corrected chi connectivity index (χ4v) is 2.84. The Morgan fingerprint density at radius 1 is 1.64 bits per heavy atom. The van der Waals surface area contributed by atoms with Gasteiger partial charge in [0.25, 0.3) is 0 Å². The summed E-state index contributed by atoms with van der Waals surface area (Å²) in [6.07, 6.45) is 3.82. The second-order valence-electron chi connectivity index (χ2n) is 3.45. The molecule has 2 rings (SSSR count). The van der Waals surface area contributed by atoms with E-state index in [1.54, 1.807) is 11.3 Å². The highest BCUT2D eigenvalue weighted by Gasteiger charge is 2.16. The fourth-order valence-electron chi connectivity index (χ4n) is 1.69. The van der Waals surface area contributed by atoms with E-state index in [0.29, 0.717) is 0 Å². The first-order valence-electron chi connectivity index (χ1n) is 4.13. The minimum absolute atomic E-state index is 0.862. The zero-order chi connectivity index (χ0) is 7.84. The third kappa shape index (κ3) is 1.27. The van der Waals surface area contributed by atoms with E-state index in [9.17, 15) is 0 Å². The second kappa shape index (κ2) is 2.52. The molecule has 1 atom stereocenters. The van der Waals surface area contributed by atoms with Crippen molar-refractivity contribution in [3.63, 3.8) is 0 Å². The third-order valence-electron chi connectivity index (χ3n) is 2.36. The monoisotopic (exact) mass is 167 g/mol. The van der Waals surface area contributed by atoms with Crippen LogP contribution in [0.3, 0.4) is 0 Å². The normalized spacial score (nSPS) is 23.2. The number of hydrogen-bond acceptors (Lipinski definition) is 2. The molecular weight excluding hydrogens is 154 g/mol. The zero-order valence-electron chi connectivity index (χ0n) is 6.76. The van der Waals surface area contributed by atoms with Crippen LogP contribution in [0, 0.1) is 5.92 Å². The average molecular weight is 167 g/mol. The number of aryl methyl sites for hydroxylation is 1. The minimum Gasteiger partial charge on any atom is -0.391 e. The van der Waals surface area contributed by atoms with Crippen molar-refractivity contribution in [2.45, 2.75) is 26.2 Å². The number of rotatable bonds is 0. The molecule has 0 radical (unpaired) electrons. The van der Waals surface area contributed by atoms with Gasteiger partial charge in [-0.3, -0.25) is 0 Å². The van der Waals surface area contributed by atoms with Crippen molar-refractivity contribution in [2.75, 3.05) is 5.73 Å². The van der Waals surface area contributed by atoms with Crippen LogP contribution in [0.25, 0.3) is 0 Å². The summed E-state index contributed by atoms with van der Waals surface area (Å²) in [7, 11) is 0. The second-order valence-corrected chi connectivity index (χ2v) is 4.61. The van der Waals surface area contributed by atoms with E-state index in [0.717, 1.165) is 10.9 Å². The van der Waals surface area contributed by atoms with Gasteiger partial charge in [-0.2, -0.15) is 0 Å². The molecule has 1 aliphatic rings. The van der Waals surface area contributed by atoms with Gasteiger partial charge in [0.15, 0.2) is 0 Å². The molecule has 2 heteroatoms. The Labute approximate surface area is 71.2 Å². The number of hydrogen-bond donors (Lipinski definition) is 1. The molecule has 1 aromatic heterocycles. The highest BCUT2D eigenvalue weighted by molar-refractivity contribution is 7.16. The molecule has 1 aromatic rings. The van der Waals surface area contributed by atoms with E-state index in [1.807, 2.05) is 0 Å². The Morgan fingerprint density at radius 3 is 3.27 bits per heavy atom. The van der Waals surface area contributed by atoms with Crippen molar-refractivity contribution in [3.8, 4) is 0 Å². The molecule has 1 nitrogen and oxygen atoms in total. The Kier molecular flexibility index (Phi) is 1.64. The van der Waals surface area contributed by atoms with Crippen molar-refractivity contribution in [1.29, 1.82) is 0 Å². The Hall–Kier alpha value is -0.500. The van der Waals surface area contributed by atoms with E-state index in [4.69, 9.17) is 5.73 Å². The molecule has 0 bridgehead atoms. The summed E-state index contributed by atoms with van der Waals surface area (Å²) >= 11 is 1.77. The molecule has 0 amide bonds. The van der Waals surface area contributed by atoms with Gasteiger partial charge in [0.2, 0.25) is 0 Å². The topological polar surface area (TPSA) is 26.0 Å². The molecular formula is C9H13NS. The lowest BCUT2D eigenvalue weighted by atomic mass is 9.91. The number of anilines is 1. The first-order chi connectivity index (χ1) is 5.25. The van der Waals surface area contributed by atoms with Crippen LogP contribution in [-0.2, 0) is 12.8 Å². The summed E-state index contributed by atoms with van der Waals surface area (Å²) in [6, 6.07) is 2.14. The van der Waals surface area contributed by atoms with Gasteiger partial charge in [0.05, 0.1) is 5.00 Å². The van der Waals surface area contributed by atoms with Gasteiger partial charge in [0.1, 0.15) is 0 Å². The maximum Gasteiger partial charge on any atom is 0.0862 e. The van der Waals surface area contributed by atoms with Crippen LogP contribution in [0.4, 0.5) is 5.00 Å². The van der Waals surface area contributed by atoms with Crippen molar-refractivity contribution >= 4 is 16.3 Å². The van der Waals surface area contributed by atoms with Crippen LogP contribution in [-0.4, -0.2) is 0 Å². The molecule has 0 saturated heterocycles. The van der Waals surface area contributed by atoms with E-state index in [2.05, 4.69) is 13.0 Å².